The summed E-state index contributed by atoms with van der Waals surface area (Å²) in [5, 5.41) is 9.88. The molecular formula is C12H13NO. The van der Waals surface area contributed by atoms with Gasteiger partial charge in [-0.3, -0.25) is 0 Å². The fraction of sp³-hybridized carbons (Fsp3) is 0.167. The Hall–Kier alpha value is -1.54. The van der Waals surface area contributed by atoms with Crippen LogP contribution in [0.15, 0.2) is 30.5 Å². The lowest BCUT2D eigenvalue weighted by atomic mass is 10.1. The third-order valence-electron chi connectivity index (χ3n) is 2.27. The Kier molecular flexibility index (Phi) is 2.37. The van der Waals surface area contributed by atoms with E-state index in [2.05, 4.69) is 30.1 Å². The summed E-state index contributed by atoms with van der Waals surface area (Å²) in [5.41, 5.74) is 3.51. The van der Waals surface area contributed by atoms with Gasteiger partial charge in [-0.2, -0.15) is 0 Å². The maximum Gasteiger partial charge on any atom is 0.0615 e. The van der Waals surface area contributed by atoms with Crippen molar-refractivity contribution in [2.45, 2.75) is 6.92 Å². The average Bonchev–Trinajstić information content (AvgIpc) is 2.57. The third kappa shape index (κ3) is 1.56. The zero-order valence-corrected chi connectivity index (χ0v) is 8.12. The lowest BCUT2D eigenvalue weighted by Gasteiger charge is -1.93. The second kappa shape index (κ2) is 3.68. The third-order valence-corrected chi connectivity index (χ3v) is 2.27. The number of aliphatic hydroxyl groups excluding tert-OH is 1. The van der Waals surface area contributed by atoms with E-state index >= 15 is 0 Å². The van der Waals surface area contributed by atoms with Crippen molar-refractivity contribution in [3.05, 3.63) is 41.6 Å². The number of aromatic amines is 1. The van der Waals surface area contributed by atoms with Crippen LogP contribution in [0.4, 0.5) is 0 Å². The smallest absolute Gasteiger partial charge is 0.0615 e. The van der Waals surface area contributed by atoms with Gasteiger partial charge in [0.2, 0.25) is 0 Å². The van der Waals surface area contributed by atoms with E-state index in [4.69, 9.17) is 5.11 Å². The number of hydrogen-bond donors (Lipinski definition) is 2. The number of aliphatic hydroxyl groups is 1. The number of fused-ring (bicyclic) bond motifs is 1. The highest BCUT2D eigenvalue weighted by Crippen LogP contribution is 2.20. The van der Waals surface area contributed by atoms with E-state index in [9.17, 15) is 0 Å². The zero-order valence-electron chi connectivity index (χ0n) is 8.12. The summed E-state index contributed by atoms with van der Waals surface area (Å²) in [4.78, 5) is 3.21. The first-order chi connectivity index (χ1) is 6.81. The monoisotopic (exact) mass is 187 g/mol. The second-order valence-corrected chi connectivity index (χ2v) is 3.38. The predicted molar refractivity (Wildman–Crippen MR) is 59.2 cm³/mol. The van der Waals surface area contributed by atoms with Gasteiger partial charge in [-0.25, -0.2) is 0 Å². The SMILES string of the molecule is Cc1ccc2c(C=CCO)c[nH]c2c1. The van der Waals surface area contributed by atoms with Gasteiger partial charge in [-0.15, -0.1) is 0 Å². The molecule has 2 rings (SSSR count). The molecule has 0 fully saturated rings. The molecule has 2 nitrogen and oxygen atoms in total. The van der Waals surface area contributed by atoms with Crippen molar-refractivity contribution >= 4 is 17.0 Å². The second-order valence-electron chi connectivity index (χ2n) is 3.38. The molecule has 2 N–H and O–H groups in total. The minimum atomic E-state index is 0.0819. The lowest BCUT2D eigenvalue weighted by Crippen LogP contribution is -1.74. The van der Waals surface area contributed by atoms with Crippen LogP contribution in [-0.4, -0.2) is 16.7 Å². The first-order valence-electron chi connectivity index (χ1n) is 4.66. The van der Waals surface area contributed by atoms with E-state index in [1.165, 1.54) is 10.9 Å². The van der Waals surface area contributed by atoms with Crippen molar-refractivity contribution in [1.29, 1.82) is 0 Å². The summed E-state index contributed by atoms with van der Waals surface area (Å²) in [5.74, 6) is 0. The highest BCUT2D eigenvalue weighted by Gasteiger charge is 1.99. The number of rotatable bonds is 2. The Morgan fingerprint density at radius 3 is 3.07 bits per heavy atom. The molecule has 0 spiro atoms. The maximum atomic E-state index is 8.68. The van der Waals surface area contributed by atoms with Gasteiger partial charge in [0.1, 0.15) is 0 Å². The summed E-state index contributed by atoms with van der Waals surface area (Å²) in [6, 6.07) is 6.30. The van der Waals surface area contributed by atoms with Crippen LogP contribution in [0.3, 0.4) is 0 Å². The fourth-order valence-electron chi connectivity index (χ4n) is 1.58. The van der Waals surface area contributed by atoms with Gasteiger partial charge >= 0.3 is 0 Å². The molecule has 1 aromatic heterocycles. The van der Waals surface area contributed by atoms with Crippen LogP contribution < -0.4 is 0 Å². The number of H-pyrrole nitrogens is 1. The largest absolute Gasteiger partial charge is 0.392 e. The number of aromatic nitrogens is 1. The minimum Gasteiger partial charge on any atom is -0.392 e. The molecule has 0 atom stereocenters. The average molecular weight is 187 g/mol. The summed E-state index contributed by atoms with van der Waals surface area (Å²) >= 11 is 0. The molecule has 0 amide bonds. The normalized spacial score (nSPS) is 11.6. The Bertz CT molecular complexity index is 468. The Morgan fingerprint density at radius 1 is 1.43 bits per heavy atom. The zero-order chi connectivity index (χ0) is 9.97. The van der Waals surface area contributed by atoms with Gasteiger partial charge in [0.05, 0.1) is 6.61 Å². The Morgan fingerprint density at radius 2 is 2.29 bits per heavy atom. The van der Waals surface area contributed by atoms with E-state index in [1.807, 2.05) is 12.3 Å². The molecule has 0 unspecified atom stereocenters. The highest BCUT2D eigenvalue weighted by atomic mass is 16.2. The molecule has 0 aliphatic carbocycles. The van der Waals surface area contributed by atoms with Crippen LogP contribution in [-0.2, 0) is 0 Å². The molecule has 1 heterocycles. The van der Waals surface area contributed by atoms with Gasteiger partial charge in [0.25, 0.3) is 0 Å². The summed E-state index contributed by atoms with van der Waals surface area (Å²) in [6.07, 6.45) is 5.62. The van der Waals surface area contributed by atoms with E-state index in [0.717, 1.165) is 11.1 Å². The molecule has 0 radical (unpaired) electrons. The van der Waals surface area contributed by atoms with Crippen molar-refractivity contribution in [2.24, 2.45) is 0 Å². The quantitative estimate of drug-likeness (QED) is 0.744. The molecule has 0 saturated carbocycles. The van der Waals surface area contributed by atoms with Crippen molar-refractivity contribution in [1.82, 2.24) is 4.98 Å². The van der Waals surface area contributed by atoms with Gasteiger partial charge in [0.15, 0.2) is 0 Å². The van der Waals surface area contributed by atoms with Gasteiger partial charge in [-0.1, -0.05) is 24.3 Å². The molecule has 0 aliphatic heterocycles. The van der Waals surface area contributed by atoms with Crippen LogP contribution in [0.25, 0.3) is 17.0 Å². The van der Waals surface area contributed by atoms with Crippen LogP contribution in [0.1, 0.15) is 11.1 Å². The molecule has 2 aromatic rings. The topological polar surface area (TPSA) is 36.0 Å². The lowest BCUT2D eigenvalue weighted by molar-refractivity contribution is 0.343. The summed E-state index contributed by atoms with van der Waals surface area (Å²) in [6.45, 7) is 2.15. The fourth-order valence-corrected chi connectivity index (χ4v) is 1.58. The molecular weight excluding hydrogens is 174 g/mol. The van der Waals surface area contributed by atoms with Crippen LogP contribution in [0.2, 0.25) is 0 Å². The maximum absolute atomic E-state index is 8.68. The number of aryl methyl sites for hydroxylation is 1. The molecule has 1 aromatic carbocycles. The van der Waals surface area contributed by atoms with Gasteiger partial charge in [0, 0.05) is 17.1 Å². The first-order valence-corrected chi connectivity index (χ1v) is 4.66. The van der Waals surface area contributed by atoms with Crippen LogP contribution in [0, 0.1) is 6.92 Å². The number of hydrogen-bond acceptors (Lipinski definition) is 1. The van der Waals surface area contributed by atoms with Crippen LogP contribution >= 0.6 is 0 Å². The molecule has 0 aliphatic rings. The Labute approximate surface area is 82.9 Å². The molecule has 14 heavy (non-hydrogen) atoms. The highest BCUT2D eigenvalue weighted by molar-refractivity contribution is 5.89. The number of benzene rings is 1. The molecule has 72 valence electrons. The van der Waals surface area contributed by atoms with Crippen molar-refractivity contribution in [3.8, 4) is 0 Å². The minimum absolute atomic E-state index is 0.0819. The van der Waals surface area contributed by atoms with Gasteiger partial charge in [-0.05, 0) is 24.1 Å². The van der Waals surface area contributed by atoms with E-state index in [-0.39, 0.29) is 6.61 Å². The van der Waals surface area contributed by atoms with E-state index < -0.39 is 0 Å². The van der Waals surface area contributed by atoms with E-state index in [1.54, 1.807) is 6.08 Å². The van der Waals surface area contributed by atoms with Crippen molar-refractivity contribution in [2.75, 3.05) is 6.61 Å². The number of nitrogens with one attached hydrogen (secondary N) is 1. The van der Waals surface area contributed by atoms with Crippen molar-refractivity contribution < 1.29 is 5.11 Å². The Balaban J connectivity index is 2.53. The van der Waals surface area contributed by atoms with Crippen molar-refractivity contribution in [3.63, 3.8) is 0 Å². The van der Waals surface area contributed by atoms with E-state index in [0.29, 0.717) is 0 Å². The van der Waals surface area contributed by atoms with Gasteiger partial charge < -0.3 is 10.1 Å². The predicted octanol–water partition coefficient (Wildman–Crippen LogP) is 2.48. The summed E-state index contributed by atoms with van der Waals surface area (Å²) in [7, 11) is 0. The molecule has 2 heteroatoms. The summed E-state index contributed by atoms with van der Waals surface area (Å²) < 4.78 is 0. The molecule has 0 saturated heterocycles. The standard InChI is InChI=1S/C12H13NO/c1-9-4-5-11-10(3-2-6-14)8-13-12(11)7-9/h2-5,7-8,13-14H,6H2,1H3. The van der Waals surface area contributed by atoms with Crippen LogP contribution in [0.5, 0.6) is 0 Å². The molecule has 0 bridgehead atoms. The first kappa shape index (κ1) is 9.03.